The molecule has 0 aliphatic heterocycles. The molecule has 0 atom stereocenters. The molecule has 0 unspecified atom stereocenters. The van der Waals surface area contributed by atoms with Gasteiger partial charge in [0.05, 0.1) is 64.1 Å². The average molecular weight is 1050 g/mol. The van der Waals surface area contributed by atoms with Crippen molar-refractivity contribution >= 4 is 38.9 Å². The maximum absolute atomic E-state index is 14.2. The third-order valence-corrected chi connectivity index (χ3v) is 11.0. The Labute approximate surface area is 376 Å². The summed E-state index contributed by atoms with van der Waals surface area (Å²) in [6.07, 6.45) is -50.3. The second-order valence-electron chi connectivity index (χ2n) is 15.2. The lowest BCUT2D eigenvalue weighted by atomic mass is 9.12. The van der Waals surface area contributed by atoms with E-state index in [1.54, 1.807) is 7.11 Å². The van der Waals surface area contributed by atoms with Gasteiger partial charge in [-0.25, -0.2) is 0 Å². The van der Waals surface area contributed by atoms with Crippen LogP contribution in [0.15, 0.2) is 97.1 Å². The highest BCUT2D eigenvalue weighted by molar-refractivity contribution is 7.94. The molecule has 5 aromatic carbocycles. The molecule has 69 heavy (non-hydrogen) atoms. The predicted octanol–water partition coefficient (Wildman–Crippen LogP) is 13.3. The molecular weight excluding hydrogens is 1020 g/mol. The smallest absolute Gasteiger partial charge is 0.416 e. The summed E-state index contributed by atoms with van der Waals surface area (Å²) < 4.78 is 346. The summed E-state index contributed by atoms with van der Waals surface area (Å²) in [4.78, 5) is 0. The standard InChI is InChI=1S/C32H12BF24.C10H15OS/c34-25(35,36)13-1-14(26(37,38)39)6-21(5-13)33(22-7-15(27(40,41)42)2-16(8-22)28(43,44)45,23-9-17(29(46,47)48)3-18(10-23)30(49,50)51)24-11-19(31(52,53)54)4-20(12-24)32(55,56)57;1-11-10-7-5-4-6-9(10)8-12(2)3/h1-12H;4-7H,8H2,1-3H3/q-1;+1. The minimum Gasteiger partial charge on any atom is -0.496 e. The first kappa shape index (κ1) is 56.2. The van der Waals surface area contributed by atoms with E-state index in [2.05, 4.69) is 24.6 Å². The van der Waals surface area contributed by atoms with E-state index in [0.717, 1.165) is 11.5 Å². The number of hydrogen-bond donors (Lipinski definition) is 0. The molecule has 0 aromatic heterocycles. The summed E-state index contributed by atoms with van der Waals surface area (Å²) in [6.45, 7) is 0. The van der Waals surface area contributed by atoms with Gasteiger partial charge in [0.2, 0.25) is 0 Å². The van der Waals surface area contributed by atoms with E-state index in [-0.39, 0.29) is 0 Å². The van der Waals surface area contributed by atoms with Crippen LogP contribution in [0.5, 0.6) is 5.75 Å². The number of hydrogen-bond acceptors (Lipinski definition) is 1. The van der Waals surface area contributed by atoms with Crippen LogP contribution >= 0.6 is 0 Å². The zero-order valence-electron chi connectivity index (χ0n) is 34.4. The zero-order valence-corrected chi connectivity index (χ0v) is 35.2. The zero-order chi connectivity index (χ0) is 52.9. The molecule has 0 spiro atoms. The summed E-state index contributed by atoms with van der Waals surface area (Å²) >= 11 is 0. The Kier molecular flexibility index (Phi) is 15.6. The van der Waals surface area contributed by atoms with Crippen LogP contribution in [-0.4, -0.2) is 25.8 Å². The SMILES string of the molecule is COc1ccccc1C[S+](C)C.FC(F)(F)c1cc([B-](c2cc(C(F)(F)F)cc(C(F)(F)F)c2)(c2cc(C(F)(F)F)cc(C(F)(F)F)c2)c2cc(C(F)(F)F)cc(C(F)(F)F)c2)cc(C(F)(F)F)c1. The Hall–Kier alpha value is -5.37. The first-order chi connectivity index (χ1) is 31.0. The topological polar surface area (TPSA) is 9.23 Å². The summed E-state index contributed by atoms with van der Waals surface area (Å²) in [5, 5.41) is 0. The number of methoxy groups -OCH3 is 1. The molecule has 0 bridgehead atoms. The van der Waals surface area contributed by atoms with Crippen LogP contribution in [0.2, 0.25) is 0 Å². The molecule has 0 fully saturated rings. The van der Waals surface area contributed by atoms with Gasteiger partial charge in [-0.1, -0.05) is 66.7 Å². The molecule has 5 rings (SSSR count). The van der Waals surface area contributed by atoms with Crippen LogP contribution in [0, 0.1) is 0 Å². The molecule has 0 aliphatic carbocycles. The van der Waals surface area contributed by atoms with Crippen LogP contribution in [-0.2, 0) is 66.1 Å². The monoisotopic (exact) mass is 1050 g/mol. The minimum absolute atomic E-state index is 0.442. The van der Waals surface area contributed by atoms with E-state index in [1.807, 2.05) is 12.1 Å². The summed E-state index contributed by atoms with van der Waals surface area (Å²) in [6, 6.07) is -0.597. The van der Waals surface area contributed by atoms with Crippen molar-refractivity contribution in [3.05, 3.63) is 147 Å². The van der Waals surface area contributed by atoms with E-state index < -0.39 is 195 Å². The number of ether oxygens (including phenoxy) is 1. The van der Waals surface area contributed by atoms with Crippen LogP contribution in [0.25, 0.3) is 0 Å². The molecule has 0 saturated carbocycles. The second-order valence-corrected chi connectivity index (χ2v) is 17.4. The van der Waals surface area contributed by atoms with Crippen LogP contribution in [0.4, 0.5) is 105 Å². The van der Waals surface area contributed by atoms with Crippen LogP contribution < -0.4 is 26.6 Å². The van der Waals surface area contributed by atoms with Gasteiger partial charge in [-0.05, 0) is 41.2 Å². The maximum atomic E-state index is 14.2. The van der Waals surface area contributed by atoms with Crippen molar-refractivity contribution < 1.29 is 110 Å². The lowest BCUT2D eigenvalue weighted by molar-refractivity contribution is -0.144. The minimum atomic E-state index is -6.13. The van der Waals surface area contributed by atoms with Crippen molar-refractivity contribution in [1.29, 1.82) is 0 Å². The Morgan fingerprint density at radius 2 is 0.551 bits per heavy atom. The fourth-order valence-electron chi connectivity index (χ4n) is 7.20. The lowest BCUT2D eigenvalue weighted by Crippen LogP contribution is -2.75. The molecule has 0 saturated heterocycles. The molecule has 27 heteroatoms. The van der Waals surface area contributed by atoms with E-state index in [9.17, 15) is 105 Å². The Morgan fingerprint density at radius 3 is 0.725 bits per heavy atom. The number of para-hydroxylation sites is 1. The van der Waals surface area contributed by atoms with E-state index >= 15 is 0 Å². The summed E-state index contributed by atoms with van der Waals surface area (Å²) in [5.41, 5.74) is -28.9. The van der Waals surface area contributed by atoms with E-state index in [0.29, 0.717) is 10.9 Å². The molecule has 0 aliphatic rings. The average Bonchev–Trinajstić information content (AvgIpc) is 3.18. The molecule has 0 amide bonds. The van der Waals surface area contributed by atoms with Crippen molar-refractivity contribution in [2.24, 2.45) is 0 Å². The van der Waals surface area contributed by atoms with E-state index in [4.69, 9.17) is 4.74 Å². The van der Waals surface area contributed by atoms with Crippen LogP contribution in [0.1, 0.15) is 50.1 Å². The fraction of sp³-hybridized carbons (Fsp3) is 0.286. The van der Waals surface area contributed by atoms with E-state index in [1.165, 1.54) is 5.56 Å². The number of rotatable bonds is 7. The predicted molar refractivity (Wildman–Crippen MR) is 206 cm³/mol. The van der Waals surface area contributed by atoms with Crippen molar-refractivity contribution in [2.45, 2.75) is 55.2 Å². The third-order valence-electron chi connectivity index (χ3n) is 10.1. The van der Waals surface area contributed by atoms with Gasteiger partial charge < -0.3 is 4.74 Å². The highest BCUT2D eigenvalue weighted by Crippen LogP contribution is 2.41. The van der Waals surface area contributed by atoms with Gasteiger partial charge >= 0.3 is 49.4 Å². The van der Waals surface area contributed by atoms with Gasteiger partial charge in [-0.2, -0.15) is 127 Å². The van der Waals surface area contributed by atoms with Gasteiger partial charge in [0, 0.05) is 5.56 Å². The lowest BCUT2D eigenvalue weighted by Gasteiger charge is -2.46. The first-order valence-corrected chi connectivity index (χ1v) is 20.7. The van der Waals surface area contributed by atoms with Gasteiger partial charge in [0.15, 0.2) is 0 Å². The number of benzene rings is 5. The van der Waals surface area contributed by atoms with Crippen molar-refractivity contribution in [1.82, 2.24) is 0 Å². The van der Waals surface area contributed by atoms with Gasteiger partial charge in [-0.3, -0.25) is 0 Å². The van der Waals surface area contributed by atoms with Gasteiger partial charge in [-0.15, -0.1) is 0 Å². The molecule has 378 valence electrons. The van der Waals surface area contributed by atoms with Gasteiger partial charge in [0.1, 0.15) is 17.6 Å². The molecule has 1 nitrogen and oxygen atoms in total. The largest absolute Gasteiger partial charge is 0.496 e. The van der Waals surface area contributed by atoms with Crippen molar-refractivity contribution in [2.75, 3.05) is 19.6 Å². The molecular formula is C42H27BF24OS. The molecule has 5 aromatic rings. The number of halogens is 24. The highest BCUT2D eigenvalue weighted by atomic mass is 32.2. The molecule has 0 N–H and O–H groups in total. The van der Waals surface area contributed by atoms with Crippen LogP contribution in [0.3, 0.4) is 0 Å². The first-order valence-electron chi connectivity index (χ1n) is 18.5. The van der Waals surface area contributed by atoms with Crippen molar-refractivity contribution in [3.63, 3.8) is 0 Å². The van der Waals surface area contributed by atoms with Gasteiger partial charge in [0.25, 0.3) is 0 Å². The quantitative estimate of drug-likeness (QED) is 0.0897. The number of alkyl halides is 24. The Balaban J connectivity index is 0.000000750. The fourth-order valence-corrected chi connectivity index (χ4v) is 8.06. The Bertz CT molecular complexity index is 2170. The second kappa shape index (κ2) is 19.1. The molecule has 0 heterocycles. The normalized spacial score (nSPS) is 13.6. The highest BCUT2D eigenvalue weighted by Gasteiger charge is 2.47. The summed E-state index contributed by atoms with van der Waals surface area (Å²) in [5.74, 6) is 2.13. The third kappa shape index (κ3) is 13.3. The van der Waals surface area contributed by atoms with Crippen molar-refractivity contribution in [3.8, 4) is 5.75 Å². The Morgan fingerprint density at radius 1 is 0.348 bits per heavy atom. The molecule has 0 radical (unpaired) electrons. The summed E-state index contributed by atoms with van der Waals surface area (Å²) in [7, 11) is 2.17. The maximum Gasteiger partial charge on any atom is 0.416 e.